The van der Waals surface area contributed by atoms with Crippen LogP contribution in [0.2, 0.25) is 0 Å². The van der Waals surface area contributed by atoms with Gasteiger partial charge < -0.3 is 0 Å². The van der Waals surface area contributed by atoms with Crippen LogP contribution in [0.15, 0.2) is 10.9 Å². The molecule has 2 atom stereocenters. The molecule has 0 spiro atoms. The Bertz CT molecular complexity index is 932. The number of nitrogens with zero attached hydrogens (tertiary/aromatic N) is 4. The summed E-state index contributed by atoms with van der Waals surface area (Å²) < 4.78 is 27.3. The molecule has 0 aromatic carbocycles. The maximum atomic E-state index is 12.2. The molecular weight excluding hydrogens is 344 g/mol. The van der Waals surface area contributed by atoms with E-state index in [1.54, 1.807) is 6.92 Å². The van der Waals surface area contributed by atoms with Gasteiger partial charge in [-0.25, -0.2) is 18.1 Å². The summed E-state index contributed by atoms with van der Waals surface area (Å²) in [7, 11) is -3.26. The Morgan fingerprint density at radius 2 is 2.08 bits per heavy atom. The molecule has 1 aliphatic heterocycles. The van der Waals surface area contributed by atoms with E-state index in [2.05, 4.69) is 38.5 Å². The number of aryl methyl sites for hydroxylation is 1. The average molecular weight is 368 g/mol. The van der Waals surface area contributed by atoms with Gasteiger partial charge in [0.25, 0.3) is 11.3 Å². The zero-order chi connectivity index (χ0) is 18.4. The van der Waals surface area contributed by atoms with E-state index >= 15 is 0 Å². The first-order valence-electron chi connectivity index (χ1n) is 8.27. The summed E-state index contributed by atoms with van der Waals surface area (Å²) >= 11 is 0. The Hall–Kier alpha value is -1.78. The van der Waals surface area contributed by atoms with Crippen molar-refractivity contribution < 1.29 is 8.42 Å². The molecule has 0 unspecified atom stereocenters. The lowest BCUT2D eigenvalue weighted by Gasteiger charge is -2.21. The smallest absolute Gasteiger partial charge is 0.274 e. The molecule has 9 nitrogen and oxygen atoms in total. The van der Waals surface area contributed by atoms with Crippen molar-refractivity contribution in [3.63, 3.8) is 0 Å². The number of sulfonamides is 1. The third-order valence-corrected chi connectivity index (χ3v) is 5.27. The van der Waals surface area contributed by atoms with Gasteiger partial charge in [0.05, 0.1) is 11.9 Å². The third kappa shape index (κ3) is 4.07. The number of likely N-dealkylation sites (tertiary alicyclic amines) is 1. The van der Waals surface area contributed by atoms with Crippen LogP contribution in [0.1, 0.15) is 25.4 Å². The number of nitrogens with one attached hydrogen (secondary N) is 2. The van der Waals surface area contributed by atoms with E-state index < -0.39 is 10.0 Å². The van der Waals surface area contributed by atoms with Crippen molar-refractivity contribution in [2.45, 2.75) is 33.4 Å². The molecule has 0 amide bonds. The maximum absolute atomic E-state index is 12.2. The van der Waals surface area contributed by atoms with Crippen LogP contribution in [0.25, 0.3) is 5.78 Å². The highest BCUT2D eigenvalue weighted by Crippen LogP contribution is 2.25. The number of aromatic nitrogens is 4. The lowest BCUT2D eigenvalue weighted by molar-refractivity contribution is 0.293. The van der Waals surface area contributed by atoms with Crippen LogP contribution in [-0.4, -0.2) is 58.3 Å². The fourth-order valence-corrected chi connectivity index (χ4v) is 4.26. The van der Waals surface area contributed by atoms with Gasteiger partial charge >= 0.3 is 0 Å². The second-order valence-corrected chi connectivity index (χ2v) is 8.91. The zero-order valence-electron chi connectivity index (χ0n) is 14.9. The highest BCUT2D eigenvalue weighted by molar-refractivity contribution is 7.88. The molecular formula is C15H24N6O3S. The van der Waals surface area contributed by atoms with Gasteiger partial charge in [0.2, 0.25) is 10.0 Å². The molecule has 3 heterocycles. The van der Waals surface area contributed by atoms with E-state index in [1.165, 1.54) is 16.8 Å². The van der Waals surface area contributed by atoms with Gasteiger partial charge in [-0.3, -0.25) is 14.8 Å². The molecule has 2 aromatic rings. The Morgan fingerprint density at radius 3 is 2.72 bits per heavy atom. The molecule has 25 heavy (non-hydrogen) atoms. The van der Waals surface area contributed by atoms with E-state index in [-0.39, 0.29) is 17.5 Å². The standard InChI is InChI=1S/C15H24N6O3S/c1-9(2)12-7-20(8-13(12)19-25(4,23)24)6-11-5-14(22)21-15(17-11)16-10(3)18-21/h5,9,12-13,19H,6-8H2,1-4H3,(H,16,17,18)/t12-,13+/m0/s1. The first-order valence-corrected chi connectivity index (χ1v) is 10.2. The quantitative estimate of drug-likeness (QED) is 0.751. The minimum atomic E-state index is -3.26. The molecule has 3 rings (SSSR count). The van der Waals surface area contributed by atoms with Crippen molar-refractivity contribution >= 4 is 15.8 Å². The molecule has 138 valence electrons. The number of rotatable bonds is 5. The van der Waals surface area contributed by atoms with E-state index in [0.717, 1.165) is 6.54 Å². The number of aromatic amines is 1. The minimum Gasteiger partial charge on any atom is -0.296 e. The molecule has 0 saturated carbocycles. The summed E-state index contributed by atoms with van der Waals surface area (Å²) in [6, 6.07) is 1.36. The van der Waals surface area contributed by atoms with Crippen LogP contribution in [-0.2, 0) is 16.6 Å². The Kier molecular flexibility index (Phi) is 4.69. The molecule has 2 aromatic heterocycles. The lowest BCUT2D eigenvalue weighted by Crippen LogP contribution is -2.41. The Labute approximate surface area is 146 Å². The molecule has 0 aliphatic carbocycles. The highest BCUT2D eigenvalue weighted by Gasteiger charge is 2.36. The van der Waals surface area contributed by atoms with Gasteiger partial charge in [0.1, 0.15) is 5.82 Å². The van der Waals surface area contributed by atoms with Gasteiger partial charge in [-0.1, -0.05) is 13.8 Å². The largest absolute Gasteiger partial charge is 0.296 e. The second-order valence-electron chi connectivity index (χ2n) is 7.13. The van der Waals surface area contributed by atoms with E-state index in [4.69, 9.17) is 0 Å². The van der Waals surface area contributed by atoms with Crippen LogP contribution < -0.4 is 10.3 Å². The van der Waals surface area contributed by atoms with Crippen LogP contribution in [0.4, 0.5) is 0 Å². The summed E-state index contributed by atoms with van der Waals surface area (Å²) in [6.45, 7) is 7.79. The summed E-state index contributed by atoms with van der Waals surface area (Å²) in [6.07, 6.45) is 1.18. The fourth-order valence-electron chi connectivity index (χ4n) is 3.46. The van der Waals surface area contributed by atoms with Crippen LogP contribution >= 0.6 is 0 Å². The van der Waals surface area contributed by atoms with Gasteiger partial charge in [-0.2, -0.15) is 9.50 Å². The van der Waals surface area contributed by atoms with E-state index in [0.29, 0.717) is 36.3 Å². The summed E-state index contributed by atoms with van der Waals surface area (Å²) in [5, 5.41) is 2.84. The Balaban J connectivity index is 1.80. The second kappa shape index (κ2) is 6.50. The third-order valence-electron chi connectivity index (χ3n) is 4.54. The van der Waals surface area contributed by atoms with Crippen molar-refractivity contribution in [2.75, 3.05) is 19.3 Å². The van der Waals surface area contributed by atoms with Crippen molar-refractivity contribution in [3.05, 3.63) is 27.9 Å². The molecule has 2 N–H and O–H groups in total. The lowest BCUT2D eigenvalue weighted by atomic mass is 9.92. The number of fused-ring (bicyclic) bond motifs is 1. The van der Waals surface area contributed by atoms with Gasteiger partial charge in [0, 0.05) is 31.7 Å². The number of hydrogen-bond donors (Lipinski definition) is 2. The number of H-pyrrole nitrogens is 1. The molecule has 1 fully saturated rings. The summed E-state index contributed by atoms with van der Waals surface area (Å²) in [5.74, 6) is 1.54. The molecule has 1 saturated heterocycles. The fraction of sp³-hybridized carbons (Fsp3) is 0.667. The van der Waals surface area contributed by atoms with Crippen molar-refractivity contribution in [1.29, 1.82) is 0 Å². The van der Waals surface area contributed by atoms with Crippen LogP contribution in [0.5, 0.6) is 0 Å². The summed E-state index contributed by atoms with van der Waals surface area (Å²) in [5.41, 5.74) is 0.435. The van der Waals surface area contributed by atoms with Gasteiger partial charge in [0.15, 0.2) is 0 Å². The predicted octanol–water partition coefficient (Wildman–Crippen LogP) is -0.268. The molecule has 0 bridgehead atoms. The summed E-state index contributed by atoms with van der Waals surface area (Å²) in [4.78, 5) is 22.9. The van der Waals surface area contributed by atoms with Crippen LogP contribution in [0.3, 0.4) is 0 Å². The molecule has 0 radical (unpaired) electrons. The monoisotopic (exact) mass is 368 g/mol. The van der Waals surface area contributed by atoms with E-state index in [1.807, 2.05) is 0 Å². The molecule has 10 heteroatoms. The first-order chi connectivity index (χ1) is 11.6. The topological polar surface area (TPSA) is 112 Å². The normalized spacial score (nSPS) is 22.3. The van der Waals surface area contributed by atoms with Crippen molar-refractivity contribution in [2.24, 2.45) is 11.8 Å². The number of hydrogen-bond acceptors (Lipinski definition) is 6. The predicted molar refractivity (Wildman–Crippen MR) is 93.7 cm³/mol. The highest BCUT2D eigenvalue weighted by atomic mass is 32.2. The van der Waals surface area contributed by atoms with Crippen molar-refractivity contribution in [1.82, 2.24) is 29.2 Å². The maximum Gasteiger partial charge on any atom is 0.274 e. The van der Waals surface area contributed by atoms with Gasteiger partial charge in [-0.05, 0) is 18.8 Å². The minimum absolute atomic E-state index is 0.132. The first kappa shape index (κ1) is 18.0. The van der Waals surface area contributed by atoms with Crippen LogP contribution in [0, 0.1) is 18.8 Å². The SMILES string of the molecule is Cc1nc2nc(CN3C[C@@H](NS(C)(=O)=O)[C@H](C(C)C)C3)cc(=O)n2[nH]1. The Morgan fingerprint density at radius 1 is 1.36 bits per heavy atom. The molecule has 1 aliphatic rings. The zero-order valence-corrected chi connectivity index (χ0v) is 15.7. The van der Waals surface area contributed by atoms with Crippen molar-refractivity contribution in [3.8, 4) is 0 Å². The van der Waals surface area contributed by atoms with E-state index in [9.17, 15) is 13.2 Å². The van der Waals surface area contributed by atoms with Gasteiger partial charge in [-0.15, -0.1) is 0 Å². The average Bonchev–Trinajstić information content (AvgIpc) is 3.00.